The van der Waals surface area contributed by atoms with Crippen LogP contribution in [0.1, 0.15) is 36.0 Å². The Balaban J connectivity index is 1.45. The summed E-state index contributed by atoms with van der Waals surface area (Å²) in [5, 5.41) is 0. The van der Waals surface area contributed by atoms with E-state index < -0.39 is 0 Å². The molecule has 2 fully saturated rings. The molecule has 2 aromatic carbocycles. The molecule has 0 radical (unpaired) electrons. The van der Waals surface area contributed by atoms with E-state index in [0.29, 0.717) is 6.04 Å². The largest absolute Gasteiger partial charge is 0.457 e. The van der Waals surface area contributed by atoms with Crippen LogP contribution in [-0.2, 0) is 0 Å². The molecule has 23 heavy (non-hydrogen) atoms. The van der Waals surface area contributed by atoms with E-state index in [4.69, 9.17) is 4.74 Å². The molecule has 1 amide bonds. The van der Waals surface area contributed by atoms with Gasteiger partial charge in [0.15, 0.2) is 0 Å². The SMILES string of the molecule is O=C(c1ccc(Oc2ccccc2)cc1)N(CC1CC1)C1CC1. The highest BCUT2D eigenvalue weighted by molar-refractivity contribution is 5.94. The molecule has 3 nitrogen and oxygen atoms in total. The molecule has 0 bridgehead atoms. The minimum atomic E-state index is 0.172. The average molecular weight is 307 g/mol. The third kappa shape index (κ3) is 3.55. The lowest BCUT2D eigenvalue weighted by atomic mass is 10.1. The van der Waals surface area contributed by atoms with Crippen molar-refractivity contribution < 1.29 is 9.53 Å². The molecule has 4 rings (SSSR count). The number of rotatable bonds is 6. The molecule has 0 spiro atoms. The summed E-state index contributed by atoms with van der Waals surface area (Å²) in [6, 6.07) is 17.7. The van der Waals surface area contributed by atoms with Crippen LogP contribution in [0.15, 0.2) is 54.6 Å². The summed E-state index contributed by atoms with van der Waals surface area (Å²) >= 11 is 0. The normalized spacial score (nSPS) is 16.9. The van der Waals surface area contributed by atoms with Gasteiger partial charge in [0.05, 0.1) is 0 Å². The Kier molecular flexibility index (Phi) is 3.78. The molecule has 2 aliphatic rings. The van der Waals surface area contributed by atoms with Gasteiger partial charge in [0, 0.05) is 18.2 Å². The number of carbonyl (C=O) groups is 1. The van der Waals surface area contributed by atoms with E-state index in [-0.39, 0.29) is 5.91 Å². The Bertz CT molecular complexity index is 673. The molecule has 2 saturated carbocycles. The molecule has 0 aliphatic heterocycles. The van der Waals surface area contributed by atoms with E-state index in [1.165, 1.54) is 12.8 Å². The first-order valence-corrected chi connectivity index (χ1v) is 8.43. The van der Waals surface area contributed by atoms with Gasteiger partial charge in [0.2, 0.25) is 0 Å². The molecule has 2 aliphatic carbocycles. The summed E-state index contributed by atoms with van der Waals surface area (Å²) in [4.78, 5) is 14.8. The molecular weight excluding hydrogens is 286 g/mol. The summed E-state index contributed by atoms with van der Waals surface area (Å²) in [6.07, 6.45) is 4.88. The van der Waals surface area contributed by atoms with Crippen LogP contribution in [0.3, 0.4) is 0 Å². The van der Waals surface area contributed by atoms with Crippen molar-refractivity contribution in [1.29, 1.82) is 0 Å². The highest BCUT2D eigenvalue weighted by Crippen LogP contribution is 2.35. The molecule has 118 valence electrons. The quantitative estimate of drug-likeness (QED) is 0.786. The van der Waals surface area contributed by atoms with Crippen LogP contribution >= 0.6 is 0 Å². The second-order valence-corrected chi connectivity index (χ2v) is 6.57. The molecule has 0 N–H and O–H groups in total. The molecule has 0 saturated heterocycles. The number of hydrogen-bond donors (Lipinski definition) is 0. The van der Waals surface area contributed by atoms with Crippen molar-refractivity contribution in [3.63, 3.8) is 0 Å². The summed E-state index contributed by atoms with van der Waals surface area (Å²) < 4.78 is 5.78. The van der Waals surface area contributed by atoms with Crippen molar-refractivity contribution in [3.8, 4) is 11.5 Å². The van der Waals surface area contributed by atoms with Crippen molar-refractivity contribution in [2.45, 2.75) is 31.7 Å². The Hall–Kier alpha value is -2.29. The van der Waals surface area contributed by atoms with Gasteiger partial charge in [-0.05, 0) is 68.0 Å². The highest BCUT2D eigenvalue weighted by atomic mass is 16.5. The number of hydrogen-bond acceptors (Lipinski definition) is 2. The van der Waals surface area contributed by atoms with E-state index in [9.17, 15) is 4.79 Å². The second-order valence-electron chi connectivity index (χ2n) is 6.57. The van der Waals surface area contributed by atoms with Crippen LogP contribution in [0.2, 0.25) is 0 Å². The Morgan fingerprint density at radius 1 is 0.913 bits per heavy atom. The molecule has 0 aromatic heterocycles. The van der Waals surface area contributed by atoms with Crippen LogP contribution in [0, 0.1) is 5.92 Å². The van der Waals surface area contributed by atoms with Crippen molar-refractivity contribution in [3.05, 3.63) is 60.2 Å². The van der Waals surface area contributed by atoms with Gasteiger partial charge in [-0.1, -0.05) is 18.2 Å². The highest BCUT2D eigenvalue weighted by Gasteiger charge is 2.36. The summed E-state index contributed by atoms with van der Waals surface area (Å²) in [5.74, 6) is 2.47. The van der Waals surface area contributed by atoms with Gasteiger partial charge in [-0.2, -0.15) is 0 Å². The minimum absolute atomic E-state index is 0.172. The maximum Gasteiger partial charge on any atom is 0.254 e. The lowest BCUT2D eigenvalue weighted by Gasteiger charge is -2.22. The summed E-state index contributed by atoms with van der Waals surface area (Å²) in [7, 11) is 0. The zero-order valence-corrected chi connectivity index (χ0v) is 13.2. The van der Waals surface area contributed by atoms with Gasteiger partial charge in [-0.25, -0.2) is 0 Å². The molecular formula is C20H21NO2. The van der Waals surface area contributed by atoms with E-state index in [2.05, 4.69) is 4.90 Å². The number of para-hydroxylation sites is 1. The third-order valence-corrected chi connectivity index (χ3v) is 4.48. The van der Waals surface area contributed by atoms with Gasteiger partial charge in [0.1, 0.15) is 11.5 Å². The second kappa shape index (κ2) is 6.07. The van der Waals surface area contributed by atoms with Crippen LogP contribution in [0.4, 0.5) is 0 Å². The van der Waals surface area contributed by atoms with E-state index >= 15 is 0 Å². The minimum Gasteiger partial charge on any atom is -0.457 e. The van der Waals surface area contributed by atoms with E-state index in [1.807, 2.05) is 54.6 Å². The smallest absolute Gasteiger partial charge is 0.254 e. The van der Waals surface area contributed by atoms with Crippen molar-refractivity contribution in [1.82, 2.24) is 4.90 Å². The lowest BCUT2D eigenvalue weighted by Crippen LogP contribution is -2.34. The van der Waals surface area contributed by atoms with Gasteiger partial charge in [-0.3, -0.25) is 4.79 Å². The molecule has 0 heterocycles. The van der Waals surface area contributed by atoms with Gasteiger partial charge < -0.3 is 9.64 Å². The fourth-order valence-electron chi connectivity index (χ4n) is 2.82. The summed E-state index contributed by atoms with van der Waals surface area (Å²) in [6.45, 7) is 0.936. The predicted molar refractivity (Wildman–Crippen MR) is 89.7 cm³/mol. The third-order valence-electron chi connectivity index (χ3n) is 4.48. The Labute approximate surface area is 136 Å². The standard InChI is InChI=1S/C20H21NO2/c22-20(21(17-10-11-17)14-15-6-7-15)16-8-12-19(13-9-16)23-18-4-2-1-3-5-18/h1-5,8-9,12-13,15,17H,6-7,10-11,14H2. The Morgan fingerprint density at radius 3 is 2.17 bits per heavy atom. The van der Waals surface area contributed by atoms with Gasteiger partial charge in [-0.15, -0.1) is 0 Å². The number of carbonyl (C=O) groups excluding carboxylic acids is 1. The number of ether oxygens (including phenoxy) is 1. The van der Waals surface area contributed by atoms with Crippen LogP contribution in [-0.4, -0.2) is 23.4 Å². The van der Waals surface area contributed by atoms with Crippen molar-refractivity contribution in [2.24, 2.45) is 5.92 Å². The Morgan fingerprint density at radius 2 is 1.57 bits per heavy atom. The van der Waals surface area contributed by atoms with Gasteiger partial charge >= 0.3 is 0 Å². The first kappa shape index (κ1) is 14.3. The number of nitrogens with zero attached hydrogens (tertiary/aromatic N) is 1. The average Bonchev–Trinajstić information content (AvgIpc) is 3.48. The van der Waals surface area contributed by atoms with Crippen molar-refractivity contribution in [2.75, 3.05) is 6.54 Å². The van der Waals surface area contributed by atoms with E-state index in [1.54, 1.807) is 0 Å². The first-order valence-electron chi connectivity index (χ1n) is 8.43. The zero-order valence-electron chi connectivity index (χ0n) is 13.2. The predicted octanol–water partition coefficient (Wildman–Crippen LogP) is 4.49. The maximum atomic E-state index is 12.7. The topological polar surface area (TPSA) is 29.5 Å². The summed E-state index contributed by atoms with van der Waals surface area (Å²) in [5.41, 5.74) is 0.762. The maximum absolute atomic E-state index is 12.7. The zero-order chi connectivity index (χ0) is 15.6. The van der Waals surface area contributed by atoms with E-state index in [0.717, 1.165) is 42.4 Å². The number of amides is 1. The van der Waals surface area contributed by atoms with Crippen molar-refractivity contribution >= 4 is 5.91 Å². The van der Waals surface area contributed by atoms with Gasteiger partial charge in [0.25, 0.3) is 5.91 Å². The van der Waals surface area contributed by atoms with Crippen LogP contribution in [0.25, 0.3) is 0 Å². The fraction of sp³-hybridized carbons (Fsp3) is 0.350. The molecule has 0 unspecified atom stereocenters. The van der Waals surface area contributed by atoms with Crippen LogP contribution in [0.5, 0.6) is 11.5 Å². The lowest BCUT2D eigenvalue weighted by molar-refractivity contribution is 0.0735. The van der Waals surface area contributed by atoms with Crippen LogP contribution < -0.4 is 4.74 Å². The molecule has 3 heteroatoms. The molecule has 2 aromatic rings. The molecule has 0 atom stereocenters. The number of benzene rings is 2. The fourth-order valence-corrected chi connectivity index (χ4v) is 2.82. The first-order chi connectivity index (χ1) is 11.3. The monoisotopic (exact) mass is 307 g/mol.